The van der Waals surface area contributed by atoms with Gasteiger partial charge >= 0.3 is 0 Å². The second kappa shape index (κ2) is 11.1. The summed E-state index contributed by atoms with van der Waals surface area (Å²) in [4.78, 5) is 0. The minimum absolute atomic E-state index is 0.155. The van der Waals surface area contributed by atoms with Crippen molar-refractivity contribution < 1.29 is 11.3 Å². The summed E-state index contributed by atoms with van der Waals surface area (Å²) >= 11 is 0. The monoisotopic (exact) mass is 627 g/mol. The van der Waals surface area contributed by atoms with Crippen molar-refractivity contribution in [1.82, 2.24) is 0 Å². The van der Waals surface area contributed by atoms with Crippen LogP contribution in [0.25, 0.3) is 98.8 Å². The normalized spacial score (nSPS) is 13.1. The average Bonchev–Trinajstić information content (AvgIpc) is 3.62. The van der Waals surface area contributed by atoms with Crippen molar-refractivity contribution in [3.63, 3.8) is 0 Å². The number of hydrogen-bond acceptors (Lipinski definition) is 1. The van der Waals surface area contributed by atoms with Crippen molar-refractivity contribution >= 4 is 54.3 Å². The molecule has 0 aliphatic carbocycles. The van der Waals surface area contributed by atoms with Crippen LogP contribution >= 0.6 is 0 Å². The second-order valence-corrected chi connectivity index (χ2v) is 12.4. The van der Waals surface area contributed by atoms with Crippen LogP contribution in [0.1, 0.15) is 6.85 Å². The number of hydrogen-bond donors (Lipinski definition) is 0. The molecule has 0 N–H and O–H groups in total. The summed E-state index contributed by atoms with van der Waals surface area (Å²) in [6.45, 7) is 0. The van der Waals surface area contributed by atoms with Gasteiger partial charge in [-0.2, -0.15) is 0 Å². The molecule has 9 aromatic carbocycles. The van der Waals surface area contributed by atoms with Crippen LogP contribution in [0.2, 0.25) is 0 Å². The highest BCUT2D eigenvalue weighted by Crippen LogP contribution is 2.48. The zero-order chi connectivity index (χ0) is 36.7. The van der Waals surface area contributed by atoms with Crippen LogP contribution in [0.4, 0.5) is 0 Å². The molecule has 0 bridgehead atoms. The van der Waals surface area contributed by atoms with Crippen molar-refractivity contribution in [2.45, 2.75) is 0 Å². The highest BCUT2D eigenvalue weighted by Gasteiger charge is 2.22. The molecular formula is C48H30O. The van der Waals surface area contributed by atoms with E-state index >= 15 is 0 Å². The van der Waals surface area contributed by atoms with Gasteiger partial charge in [0.05, 0.1) is 6.85 Å². The van der Waals surface area contributed by atoms with Crippen LogP contribution in [0.3, 0.4) is 0 Å². The Morgan fingerprint density at radius 3 is 1.63 bits per heavy atom. The Morgan fingerprint density at radius 1 is 0.388 bits per heavy atom. The molecule has 0 spiro atoms. The van der Waals surface area contributed by atoms with E-state index in [1.165, 1.54) is 0 Å². The predicted octanol–water partition coefficient (Wildman–Crippen LogP) is 13.7. The highest BCUT2D eigenvalue weighted by molar-refractivity contribution is 6.28. The summed E-state index contributed by atoms with van der Waals surface area (Å²) in [5, 5.41) is 6.10. The Kier molecular flexibility index (Phi) is 5.20. The van der Waals surface area contributed by atoms with Crippen LogP contribution in [0.5, 0.6) is 0 Å². The third-order valence-electron chi connectivity index (χ3n) is 9.65. The number of fused-ring (bicyclic) bond motifs is 7. The summed E-state index contributed by atoms with van der Waals surface area (Å²) in [7, 11) is 0. The Labute approximate surface area is 291 Å². The van der Waals surface area contributed by atoms with Gasteiger partial charge in [-0.05, 0) is 89.6 Å². The molecule has 49 heavy (non-hydrogen) atoms. The summed E-state index contributed by atoms with van der Waals surface area (Å²) < 4.78 is 51.8. The van der Waals surface area contributed by atoms with Crippen LogP contribution in [-0.4, -0.2) is 0 Å². The van der Waals surface area contributed by atoms with E-state index in [9.17, 15) is 1.37 Å². The van der Waals surface area contributed by atoms with E-state index in [4.69, 9.17) is 9.90 Å². The molecule has 228 valence electrons. The topological polar surface area (TPSA) is 13.1 Å². The fourth-order valence-corrected chi connectivity index (χ4v) is 7.55. The van der Waals surface area contributed by atoms with E-state index in [0.29, 0.717) is 22.1 Å². The largest absolute Gasteiger partial charge is 0.455 e. The molecule has 1 heterocycles. The van der Waals surface area contributed by atoms with Gasteiger partial charge in [-0.1, -0.05) is 164 Å². The first-order valence-electron chi connectivity index (χ1n) is 18.9. The Morgan fingerprint density at radius 2 is 0.939 bits per heavy atom. The zero-order valence-corrected chi connectivity index (χ0v) is 26.3. The quantitative estimate of drug-likeness (QED) is 0.177. The number of furan rings is 1. The van der Waals surface area contributed by atoms with Gasteiger partial charge in [-0.3, -0.25) is 0 Å². The van der Waals surface area contributed by atoms with Gasteiger partial charge in [-0.25, -0.2) is 0 Å². The Hall–Kier alpha value is -6.44. The third-order valence-corrected chi connectivity index (χ3v) is 9.65. The summed E-state index contributed by atoms with van der Waals surface area (Å²) in [6.07, 6.45) is 0. The fourth-order valence-electron chi connectivity index (χ4n) is 7.55. The number of rotatable bonds is 4. The molecule has 0 unspecified atom stereocenters. The average molecular weight is 628 g/mol. The standard InChI is InChI=1S/C48H30O/c1-3-15-31(16-4-1)33-19-13-20-34(29-33)45-36-22-8-10-24-38(36)46(39-25-11-9-23-37(39)45)41-27-14-28-44-47(41)43-30-42(32-17-5-2-6-18-32)35-21-7-12-26-40(35)48(43)49-44/h1-30H/i7D,12D,21D,26D,30D. The maximum absolute atomic E-state index is 9.86. The van der Waals surface area contributed by atoms with Crippen molar-refractivity contribution in [2.75, 3.05) is 0 Å². The molecule has 1 nitrogen and oxygen atoms in total. The smallest absolute Gasteiger partial charge is 0.143 e. The van der Waals surface area contributed by atoms with Gasteiger partial charge in [0.2, 0.25) is 0 Å². The fraction of sp³-hybridized carbons (Fsp3) is 0. The van der Waals surface area contributed by atoms with Gasteiger partial charge in [0, 0.05) is 16.2 Å². The van der Waals surface area contributed by atoms with Crippen molar-refractivity contribution in [3.05, 3.63) is 182 Å². The van der Waals surface area contributed by atoms with Crippen molar-refractivity contribution in [3.8, 4) is 44.5 Å². The molecule has 0 aliphatic rings. The summed E-state index contributed by atoms with van der Waals surface area (Å²) in [5.74, 6) is 0. The molecule has 10 aromatic rings. The first-order valence-corrected chi connectivity index (χ1v) is 16.4. The first-order chi connectivity index (χ1) is 26.4. The van der Waals surface area contributed by atoms with Crippen molar-refractivity contribution in [2.24, 2.45) is 0 Å². The first kappa shape index (κ1) is 23.0. The van der Waals surface area contributed by atoms with E-state index in [0.717, 1.165) is 60.3 Å². The minimum atomic E-state index is -0.340. The molecule has 0 saturated heterocycles. The summed E-state index contributed by atoms with van der Waals surface area (Å²) in [6, 6.07) is 50.5. The molecule has 1 aromatic heterocycles. The van der Waals surface area contributed by atoms with Crippen LogP contribution < -0.4 is 0 Å². The second-order valence-electron chi connectivity index (χ2n) is 12.4. The molecule has 0 radical (unpaired) electrons. The van der Waals surface area contributed by atoms with Gasteiger partial charge in [0.25, 0.3) is 0 Å². The van der Waals surface area contributed by atoms with E-state index in [2.05, 4.69) is 103 Å². The molecule has 0 aliphatic heterocycles. The van der Waals surface area contributed by atoms with Crippen LogP contribution in [0, 0.1) is 0 Å². The van der Waals surface area contributed by atoms with E-state index in [1.807, 2.05) is 48.5 Å². The van der Waals surface area contributed by atoms with Crippen molar-refractivity contribution in [1.29, 1.82) is 0 Å². The molecule has 0 atom stereocenters. The molecule has 0 amide bonds. The maximum Gasteiger partial charge on any atom is 0.143 e. The van der Waals surface area contributed by atoms with E-state index in [1.54, 1.807) is 0 Å². The van der Waals surface area contributed by atoms with Crippen LogP contribution in [0.15, 0.2) is 186 Å². The molecule has 1 heteroatoms. The molecular weight excluding hydrogens is 593 g/mol. The van der Waals surface area contributed by atoms with Gasteiger partial charge in [-0.15, -0.1) is 0 Å². The Bertz CT molecular complexity index is 3090. The van der Waals surface area contributed by atoms with Crippen LogP contribution in [-0.2, 0) is 0 Å². The van der Waals surface area contributed by atoms with Gasteiger partial charge in [0.1, 0.15) is 11.2 Å². The van der Waals surface area contributed by atoms with Gasteiger partial charge < -0.3 is 4.42 Å². The predicted molar refractivity (Wildman–Crippen MR) is 208 cm³/mol. The lowest BCUT2D eigenvalue weighted by Crippen LogP contribution is -1.91. The van der Waals surface area contributed by atoms with Gasteiger partial charge in [0.15, 0.2) is 0 Å². The molecule has 0 saturated carbocycles. The minimum Gasteiger partial charge on any atom is -0.455 e. The lowest BCUT2D eigenvalue weighted by Gasteiger charge is -2.18. The third kappa shape index (κ3) is 4.33. The lowest BCUT2D eigenvalue weighted by molar-refractivity contribution is 0.673. The maximum atomic E-state index is 9.86. The summed E-state index contributed by atoms with van der Waals surface area (Å²) in [5.41, 5.74) is 8.42. The Balaban J connectivity index is 1.36. The zero-order valence-electron chi connectivity index (χ0n) is 31.3. The SMILES string of the molecule is [2H]c1c([2H])c([2H])c2c(c1[2H])c(-c1ccccc1)c([2H])c1c2oc2cccc(-c3c4ccccc4c(-c4cccc(-c5ccccc5)c4)c4ccccc34)c21. The lowest BCUT2D eigenvalue weighted by atomic mass is 9.84. The molecule has 0 fully saturated rings. The van der Waals surface area contributed by atoms with E-state index in [-0.39, 0.29) is 46.6 Å². The van der Waals surface area contributed by atoms with E-state index < -0.39 is 0 Å². The number of benzene rings is 9. The molecule has 10 rings (SSSR count). The highest BCUT2D eigenvalue weighted by atomic mass is 16.3.